The summed E-state index contributed by atoms with van der Waals surface area (Å²) < 4.78 is 0. The molecule has 0 bridgehead atoms. The van der Waals surface area contributed by atoms with Crippen LogP contribution in [0.4, 0.5) is 5.69 Å². The van der Waals surface area contributed by atoms with E-state index in [0.29, 0.717) is 6.04 Å². The summed E-state index contributed by atoms with van der Waals surface area (Å²) in [5, 5.41) is 10.0. The molecule has 1 heterocycles. The molecule has 0 spiro atoms. The molecule has 1 saturated heterocycles. The quantitative estimate of drug-likeness (QED) is 0.577. The highest BCUT2D eigenvalue weighted by atomic mass is 16.6. The van der Waals surface area contributed by atoms with Gasteiger partial charge < -0.3 is 4.90 Å². The largest absolute Gasteiger partial charge is 0.337 e. The number of nitro benzene ring substituents is 1. The molecule has 6 heteroatoms. The summed E-state index contributed by atoms with van der Waals surface area (Å²) in [4.78, 5) is 26.1. The summed E-state index contributed by atoms with van der Waals surface area (Å²) in [7, 11) is 1.96. The molecule has 2 aromatic rings. The molecule has 1 fully saturated rings. The number of fused-ring (bicyclic) bond motifs is 1. The lowest BCUT2D eigenvalue weighted by molar-refractivity contribution is -0.384. The Morgan fingerprint density at radius 2 is 1.69 bits per heavy atom. The number of nitrogens with zero attached hydrogens (tertiary/aromatic N) is 3. The fourth-order valence-corrected chi connectivity index (χ4v) is 4.39. The summed E-state index contributed by atoms with van der Waals surface area (Å²) in [5.74, 6) is 0.163. The summed E-state index contributed by atoms with van der Waals surface area (Å²) in [6, 6.07) is 17.3. The highest BCUT2D eigenvalue weighted by molar-refractivity contribution is 5.73. The lowest BCUT2D eigenvalue weighted by Crippen LogP contribution is -2.47. The number of likely N-dealkylation sites (tertiary alicyclic amines) is 1. The van der Waals surface area contributed by atoms with Crippen LogP contribution in [0.15, 0.2) is 54.6 Å². The van der Waals surface area contributed by atoms with Gasteiger partial charge in [-0.1, -0.05) is 42.5 Å². The van der Waals surface area contributed by atoms with Crippen LogP contribution in [0.1, 0.15) is 43.4 Å². The molecule has 1 aliphatic carbocycles. The van der Waals surface area contributed by atoms with E-state index in [1.807, 2.05) is 11.9 Å². The molecule has 2 unspecified atom stereocenters. The number of para-hydroxylation sites is 1. The Morgan fingerprint density at radius 3 is 2.28 bits per heavy atom. The average Bonchev–Trinajstić information content (AvgIpc) is 3.28. The number of aryl methyl sites for hydroxylation is 1. The third-order valence-electron chi connectivity index (χ3n) is 5.94. The second-order valence-corrected chi connectivity index (χ2v) is 7.72. The van der Waals surface area contributed by atoms with Crippen molar-refractivity contribution in [1.29, 1.82) is 0 Å². The van der Waals surface area contributed by atoms with Crippen LogP contribution in [-0.4, -0.2) is 46.8 Å². The van der Waals surface area contributed by atoms with E-state index in [-0.39, 0.29) is 17.6 Å². The number of amides is 1. The van der Waals surface area contributed by atoms with Crippen LogP contribution in [0.25, 0.3) is 0 Å². The SMILES string of the molecule is CC(=O)N(C)C1c2ccccc2CCC1N1CCCC1.O=[N+]([O-])c1ccccc1. The fourth-order valence-electron chi connectivity index (χ4n) is 4.39. The first-order valence-corrected chi connectivity index (χ1v) is 10.2. The Balaban J connectivity index is 0.000000224. The number of carbonyl (C=O) groups excluding carboxylic acids is 1. The molecular formula is C23H29N3O3. The minimum atomic E-state index is -0.417. The monoisotopic (exact) mass is 395 g/mol. The van der Waals surface area contributed by atoms with E-state index >= 15 is 0 Å². The van der Waals surface area contributed by atoms with Gasteiger partial charge in [0.05, 0.1) is 11.0 Å². The Hall–Kier alpha value is -2.73. The number of benzene rings is 2. The predicted molar refractivity (Wildman–Crippen MR) is 114 cm³/mol. The van der Waals surface area contributed by atoms with Crippen molar-refractivity contribution >= 4 is 11.6 Å². The fraction of sp³-hybridized carbons (Fsp3) is 0.435. The molecular weight excluding hydrogens is 366 g/mol. The Labute approximate surface area is 172 Å². The van der Waals surface area contributed by atoms with Crippen molar-refractivity contribution in [1.82, 2.24) is 9.80 Å². The highest BCUT2D eigenvalue weighted by Crippen LogP contribution is 2.37. The number of likely N-dealkylation sites (N-methyl/N-ethyl adjacent to an activating group) is 1. The van der Waals surface area contributed by atoms with E-state index < -0.39 is 4.92 Å². The van der Waals surface area contributed by atoms with E-state index in [2.05, 4.69) is 29.2 Å². The second-order valence-electron chi connectivity index (χ2n) is 7.72. The number of hydrogen-bond acceptors (Lipinski definition) is 4. The van der Waals surface area contributed by atoms with Crippen molar-refractivity contribution in [3.05, 3.63) is 75.8 Å². The molecule has 2 aliphatic rings. The summed E-state index contributed by atoms with van der Waals surface area (Å²) >= 11 is 0. The molecule has 0 saturated carbocycles. The van der Waals surface area contributed by atoms with Crippen molar-refractivity contribution in [2.45, 2.75) is 44.7 Å². The van der Waals surface area contributed by atoms with Crippen LogP contribution < -0.4 is 0 Å². The van der Waals surface area contributed by atoms with E-state index in [9.17, 15) is 14.9 Å². The second kappa shape index (κ2) is 9.65. The first-order valence-electron chi connectivity index (χ1n) is 10.2. The molecule has 6 nitrogen and oxygen atoms in total. The van der Waals surface area contributed by atoms with Crippen LogP contribution in [0, 0.1) is 10.1 Å². The van der Waals surface area contributed by atoms with Gasteiger partial charge in [0.2, 0.25) is 5.91 Å². The van der Waals surface area contributed by atoms with Gasteiger partial charge in [-0.05, 0) is 49.9 Å². The zero-order valence-electron chi connectivity index (χ0n) is 17.2. The first kappa shape index (κ1) is 21.0. The van der Waals surface area contributed by atoms with Crippen LogP contribution in [0.3, 0.4) is 0 Å². The zero-order valence-corrected chi connectivity index (χ0v) is 17.2. The zero-order chi connectivity index (χ0) is 20.8. The van der Waals surface area contributed by atoms with Crippen molar-refractivity contribution < 1.29 is 9.72 Å². The molecule has 29 heavy (non-hydrogen) atoms. The van der Waals surface area contributed by atoms with Gasteiger partial charge in [-0.25, -0.2) is 0 Å². The Bertz CT molecular complexity index is 834. The molecule has 2 atom stereocenters. The Morgan fingerprint density at radius 1 is 1.07 bits per heavy atom. The lowest BCUT2D eigenvalue weighted by Gasteiger charge is -2.43. The van der Waals surface area contributed by atoms with Crippen LogP contribution in [-0.2, 0) is 11.2 Å². The van der Waals surface area contributed by atoms with Crippen molar-refractivity contribution in [2.75, 3.05) is 20.1 Å². The van der Waals surface area contributed by atoms with Crippen molar-refractivity contribution in [2.24, 2.45) is 0 Å². The highest BCUT2D eigenvalue weighted by Gasteiger charge is 2.37. The van der Waals surface area contributed by atoms with Crippen molar-refractivity contribution in [3.8, 4) is 0 Å². The van der Waals surface area contributed by atoms with Gasteiger partial charge in [-0.2, -0.15) is 0 Å². The summed E-state index contributed by atoms with van der Waals surface area (Å²) in [6.07, 6.45) is 4.90. The first-order chi connectivity index (χ1) is 14.0. The molecule has 1 aliphatic heterocycles. The van der Waals surface area contributed by atoms with Gasteiger partial charge in [0.15, 0.2) is 0 Å². The van der Waals surface area contributed by atoms with Gasteiger partial charge in [0.1, 0.15) is 0 Å². The van der Waals surface area contributed by atoms with Gasteiger partial charge in [0, 0.05) is 32.1 Å². The van der Waals surface area contributed by atoms with Gasteiger partial charge in [-0.15, -0.1) is 0 Å². The number of carbonyl (C=O) groups is 1. The van der Waals surface area contributed by atoms with E-state index in [1.54, 1.807) is 25.1 Å². The molecule has 4 rings (SSSR count). The van der Waals surface area contributed by atoms with Crippen LogP contribution >= 0.6 is 0 Å². The minimum absolute atomic E-state index is 0.137. The summed E-state index contributed by atoms with van der Waals surface area (Å²) in [5.41, 5.74) is 2.91. The minimum Gasteiger partial charge on any atom is -0.337 e. The van der Waals surface area contributed by atoms with Gasteiger partial charge in [0.25, 0.3) is 5.69 Å². The number of nitro groups is 1. The van der Waals surface area contributed by atoms with Crippen LogP contribution in [0.2, 0.25) is 0 Å². The van der Waals surface area contributed by atoms with E-state index in [1.165, 1.54) is 55.6 Å². The van der Waals surface area contributed by atoms with Crippen LogP contribution in [0.5, 0.6) is 0 Å². The molecule has 0 N–H and O–H groups in total. The topological polar surface area (TPSA) is 66.7 Å². The summed E-state index contributed by atoms with van der Waals surface area (Å²) in [6.45, 7) is 4.06. The molecule has 0 aromatic heterocycles. The van der Waals surface area contributed by atoms with Gasteiger partial charge >= 0.3 is 0 Å². The number of non-ortho nitro benzene ring substituents is 1. The number of rotatable bonds is 3. The average molecular weight is 396 g/mol. The van der Waals surface area contributed by atoms with Gasteiger partial charge in [-0.3, -0.25) is 19.8 Å². The molecule has 0 radical (unpaired) electrons. The lowest BCUT2D eigenvalue weighted by atomic mass is 9.82. The normalized spacial score (nSPS) is 20.9. The standard InChI is InChI=1S/C17H24N2O.C6H5NO2/c1-13(20)18(2)17-15-8-4-3-7-14(15)9-10-16(17)19-11-5-6-12-19;8-7(9)6-4-2-1-3-5-6/h3-4,7-8,16-17H,5-6,9-12H2,1-2H3;1-5H. The van der Waals surface area contributed by atoms with E-state index in [0.717, 1.165) is 6.42 Å². The molecule has 1 amide bonds. The smallest absolute Gasteiger partial charge is 0.269 e. The third kappa shape index (κ3) is 5.01. The Kier molecular flexibility index (Phi) is 6.99. The maximum atomic E-state index is 11.9. The maximum Gasteiger partial charge on any atom is 0.269 e. The van der Waals surface area contributed by atoms with E-state index in [4.69, 9.17) is 0 Å². The third-order valence-corrected chi connectivity index (χ3v) is 5.94. The van der Waals surface area contributed by atoms with Crippen molar-refractivity contribution in [3.63, 3.8) is 0 Å². The molecule has 2 aromatic carbocycles. The number of hydrogen-bond donors (Lipinski definition) is 0. The maximum absolute atomic E-state index is 11.9. The molecule has 154 valence electrons. The predicted octanol–water partition coefficient (Wildman–Crippen LogP) is 4.21.